The van der Waals surface area contributed by atoms with Crippen molar-refractivity contribution in [2.45, 2.75) is 0 Å². The van der Waals surface area contributed by atoms with Crippen LogP contribution in [-0.4, -0.2) is 36.4 Å². The van der Waals surface area contributed by atoms with Gasteiger partial charge in [0.25, 0.3) is 5.91 Å². The normalized spacial score (nSPS) is 15.4. The molecule has 0 saturated carbocycles. The van der Waals surface area contributed by atoms with Crippen molar-refractivity contribution in [1.29, 1.82) is 0 Å². The minimum atomic E-state index is -0.113. The van der Waals surface area contributed by atoms with Gasteiger partial charge in [-0.3, -0.25) is 9.69 Å². The minimum absolute atomic E-state index is 0.113. The number of amides is 1. The lowest BCUT2D eigenvalue weighted by atomic mass is 10.2. The smallest absolute Gasteiger partial charge is 0.266 e. The van der Waals surface area contributed by atoms with Crippen molar-refractivity contribution in [3.8, 4) is 16.4 Å². The summed E-state index contributed by atoms with van der Waals surface area (Å²) in [7, 11) is 0. The van der Waals surface area contributed by atoms with Gasteiger partial charge < -0.3 is 0 Å². The van der Waals surface area contributed by atoms with E-state index in [1.54, 1.807) is 22.3 Å². The number of hydrogen-bond donors (Lipinski definition) is 0. The van der Waals surface area contributed by atoms with Gasteiger partial charge in [0.05, 0.1) is 20.8 Å². The van der Waals surface area contributed by atoms with E-state index in [2.05, 4.69) is 6.58 Å². The van der Waals surface area contributed by atoms with E-state index < -0.39 is 0 Å². The van der Waals surface area contributed by atoms with Crippen molar-refractivity contribution in [2.24, 2.45) is 0 Å². The summed E-state index contributed by atoms with van der Waals surface area (Å²) in [4.78, 5) is 19.7. The molecule has 1 saturated heterocycles. The van der Waals surface area contributed by atoms with Gasteiger partial charge in [0.1, 0.15) is 15.0 Å². The Labute approximate surface area is 192 Å². The number of carbonyl (C=O) groups is 1. The lowest BCUT2D eigenvalue weighted by Crippen LogP contribution is -2.27. The van der Waals surface area contributed by atoms with Crippen molar-refractivity contribution < 1.29 is 4.79 Å². The first-order valence-electron chi connectivity index (χ1n) is 9.51. The lowest BCUT2D eigenvalue weighted by molar-refractivity contribution is -0.121. The number of hydrogen-bond acceptors (Lipinski definition) is 6. The van der Waals surface area contributed by atoms with E-state index in [9.17, 15) is 4.79 Å². The topological polar surface area (TPSA) is 51.0 Å². The molecule has 0 N–H and O–H groups in total. The van der Waals surface area contributed by atoms with Gasteiger partial charge >= 0.3 is 0 Å². The maximum absolute atomic E-state index is 12.8. The molecule has 0 unspecified atom stereocenters. The number of nitrogens with zero attached hydrogens (tertiary/aromatic N) is 4. The highest BCUT2D eigenvalue weighted by Gasteiger charge is 2.31. The zero-order chi connectivity index (χ0) is 21.4. The second kappa shape index (κ2) is 8.22. The van der Waals surface area contributed by atoms with Crippen LogP contribution in [0.25, 0.3) is 32.7 Å². The molecule has 1 amide bonds. The Bertz CT molecular complexity index is 1320. The maximum atomic E-state index is 12.8. The van der Waals surface area contributed by atoms with Crippen LogP contribution in [0.5, 0.6) is 0 Å². The molecule has 5 nitrogen and oxygen atoms in total. The van der Waals surface area contributed by atoms with Crippen molar-refractivity contribution in [3.63, 3.8) is 0 Å². The van der Waals surface area contributed by atoms with E-state index in [0.717, 1.165) is 32.2 Å². The van der Waals surface area contributed by atoms with Gasteiger partial charge in [0.2, 0.25) is 0 Å². The first-order valence-corrected chi connectivity index (χ1v) is 11.6. The van der Waals surface area contributed by atoms with E-state index in [1.165, 1.54) is 11.8 Å². The fourth-order valence-electron chi connectivity index (χ4n) is 3.27. The maximum Gasteiger partial charge on any atom is 0.266 e. The summed E-state index contributed by atoms with van der Waals surface area (Å²) < 4.78 is 3.45. The molecular formula is C23H16N4OS3. The standard InChI is InChI=1S/C23H16N4OS3/c1-2-12-26-22(28)19(31-23(26)29)13-15-14-27(16-8-4-3-5-9-16)25-20(15)21-24-17-10-6-7-11-18(17)30-21/h2-11,13-14H,1,12H2. The molecule has 2 aromatic heterocycles. The Morgan fingerprint density at radius 1 is 1.10 bits per heavy atom. The average molecular weight is 461 g/mol. The lowest BCUT2D eigenvalue weighted by Gasteiger charge is -2.10. The number of thiocarbonyl (C=S) groups is 1. The Morgan fingerprint density at radius 2 is 1.87 bits per heavy atom. The summed E-state index contributed by atoms with van der Waals surface area (Å²) >= 11 is 8.26. The van der Waals surface area contributed by atoms with Crippen LogP contribution in [0.4, 0.5) is 0 Å². The van der Waals surface area contributed by atoms with E-state index in [4.69, 9.17) is 22.3 Å². The molecule has 8 heteroatoms. The third-order valence-electron chi connectivity index (χ3n) is 4.73. The summed E-state index contributed by atoms with van der Waals surface area (Å²) in [5.41, 5.74) is 3.42. The number of aromatic nitrogens is 3. The van der Waals surface area contributed by atoms with Crippen molar-refractivity contribution in [1.82, 2.24) is 19.7 Å². The van der Waals surface area contributed by atoms with Crippen molar-refractivity contribution in [3.05, 3.63) is 83.9 Å². The Hall–Kier alpha value is -3.07. The Morgan fingerprint density at radius 3 is 2.65 bits per heavy atom. The third kappa shape index (κ3) is 3.74. The van der Waals surface area contributed by atoms with E-state index in [-0.39, 0.29) is 5.91 Å². The average Bonchev–Trinajstić information content (AvgIpc) is 3.47. The molecule has 5 rings (SSSR count). The van der Waals surface area contributed by atoms with E-state index in [0.29, 0.717) is 15.8 Å². The molecule has 2 aromatic carbocycles. The number of thioether (sulfide) groups is 1. The van der Waals surface area contributed by atoms with Gasteiger partial charge in [0.15, 0.2) is 0 Å². The summed E-state index contributed by atoms with van der Waals surface area (Å²) in [6.07, 6.45) is 5.46. The van der Waals surface area contributed by atoms with Gasteiger partial charge in [-0.2, -0.15) is 5.10 Å². The molecule has 31 heavy (non-hydrogen) atoms. The minimum Gasteiger partial charge on any atom is -0.289 e. The van der Waals surface area contributed by atoms with Gasteiger partial charge in [0, 0.05) is 18.3 Å². The number of fused-ring (bicyclic) bond motifs is 1. The molecule has 3 heterocycles. The van der Waals surface area contributed by atoms with Gasteiger partial charge in [-0.15, -0.1) is 17.9 Å². The fraction of sp³-hybridized carbons (Fsp3) is 0.0435. The molecule has 1 aliphatic heterocycles. The van der Waals surface area contributed by atoms with Crippen LogP contribution in [0.3, 0.4) is 0 Å². The van der Waals surface area contributed by atoms with E-state index >= 15 is 0 Å². The molecule has 152 valence electrons. The summed E-state index contributed by atoms with van der Waals surface area (Å²) in [5.74, 6) is -0.113. The third-order valence-corrected chi connectivity index (χ3v) is 7.15. The van der Waals surface area contributed by atoms with Crippen LogP contribution in [0.2, 0.25) is 0 Å². The fourth-order valence-corrected chi connectivity index (χ4v) is 5.51. The Balaban J connectivity index is 1.63. The second-order valence-electron chi connectivity index (χ2n) is 6.78. The number of para-hydroxylation sites is 2. The summed E-state index contributed by atoms with van der Waals surface area (Å²) in [5, 5.41) is 5.63. The van der Waals surface area contributed by atoms with Crippen LogP contribution >= 0.6 is 35.3 Å². The second-order valence-corrected chi connectivity index (χ2v) is 9.49. The molecule has 0 radical (unpaired) electrons. The van der Waals surface area contributed by atoms with Gasteiger partial charge in [-0.25, -0.2) is 9.67 Å². The predicted octanol–water partition coefficient (Wildman–Crippen LogP) is 5.54. The largest absolute Gasteiger partial charge is 0.289 e. The number of carbonyl (C=O) groups excluding carboxylic acids is 1. The van der Waals surface area contributed by atoms with Crippen LogP contribution in [0.15, 0.2) is 78.4 Å². The zero-order valence-electron chi connectivity index (χ0n) is 16.3. The van der Waals surface area contributed by atoms with Gasteiger partial charge in [-0.1, -0.05) is 60.4 Å². The molecule has 1 fully saturated rings. The van der Waals surface area contributed by atoms with Gasteiger partial charge in [-0.05, 0) is 30.3 Å². The highest BCUT2D eigenvalue weighted by Crippen LogP contribution is 2.36. The molecule has 0 aliphatic carbocycles. The van der Waals surface area contributed by atoms with Crippen molar-refractivity contribution >= 4 is 61.8 Å². The van der Waals surface area contributed by atoms with Crippen LogP contribution in [0.1, 0.15) is 5.56 Å². The number of thiazole rings is 1. The van der Waals surface area contributed by atoms with Crippen LogP contribution in [0, 0.1) is 0 Å². The first-order chi connectivity index (χ1) is 15.1. The highest BCUT2D eigenvalue weighted by atomic mass is 32.2. The monoisotopic (exact) mass is 460 g/mol. The first kappa shape index (κ1) is 19.9. The molecule has 4 aromatic rings. The summed E-state index contributed by atoms with van der Waals surface area (Å²) in [6, 6.07) is 17.9. The van der Waals surface area contributed by atoms with Crippen molar-refractivity contribution in [2.75, 3.05) is 6.54 Å². The molecular weight excluding hydrogens is 444 g/mol. The van der Waals surface area contributed by atoms with E-state index in [1.807, 2.05) is 71.6 Å². The molecule has 1 aliphatic rings. The highest BCUT2D eigenvalue weighted by molar-refractivity contribution is 8.26. The zero-order valence-corrected chi connectivity index (χ0v) is 18.7. The van der Waals surface area contributed by atoms with Crippen LogP contribution < -0.4 is 0 Å². The number of benzene rings is 2. The summed E-state index contributed by atoms with van der Waals surface area (Å²) in [6.45, 7) is 4.11. The van der Waals surface area contributed by atoms with Crippen LogP contribution in [-0.2, 0) is 4.79 Å². The predicted molar refractivity (Wildman–Crippen MR) is 132 cm³/mol. The number of rotatable bonds is 5. The Kier molecular flexibility index (Phi) is 5.27. The molecule has 0 atom stereocenters. The SMILES string of the molecule is C=CCN1C(=O)C(=Cc2cn(-c3ccccc3)nc2-c2nc3ccccc3s2)SC1=S. The molecule has 0 bridgehead atoms. The quantitative estimate of drug-likeness (QED) is 0.222. The molecule has 0 spiro atoms.